The van der Waals surface area contributed by atoms with Gasteiger partial charge in [0.1, 0.15) is 11.2 Å². The van der Waals surface area contributed by atoms with Crippen LogP contribution in [0.4, 0.5) is 17.1 Å². The van der Waals surface area contributed by atoms with Crippen LogP contribution < -0.4 is 4.90 Å². The van der Waals surface area contributed by atoms with Gasteiger partial charge in [0.15, 0.2) is 0 Å². The van der Waals surface area contributed by atoms with Crippen molar-refractivity contribution in [3.8, 4) is 5.69 Å². The summed E-state index contributed by atoms with van der Waals surface area (Å²) in [7, 11) is 0. The van der Waals surface area contributed by atoms with Gasteiger partial charge in [-0.15, -0.1) is 11.3 Å². The first-order valence-corrected chi connectivity index (χ1v) is 16.3. The summed E-state index contributed by atoms with van der Waals surface area (Å²) < 4.78 is 11.3. The van der Waals surface area contributed by atoms with Gasteiger partial charge in [-0.1, -0.05) is 72.8 Å². The molecule has 0 aliphatic heterocycles. The molecule has 10 rings (SSSR count). The largest absolute Gasteiger partial charge is 0.456 e. The minimum absolute atomic E-state index is 0.882. The van der Waals surface area contributed by atoms with Crippen LogP contribution in [0.1, 0.15) is 0 Å². The molecule has 0 spiro atoms. The van der Waals surface area contributed by atoms with Gasteiger partial charge in [-0.25, -0.2) is 0 Å². The predicted molar refractivity (Wildman–Crippen MR) is 196 cm³/mol. The SMILES string of the molecule is c1ccc2c(c1)oc1cc(N(c3ccc(-n4c5ccccc5c5ccccc54)cc3)c3ccc4sc5ccccc5c4c3)ccc12. The molecule has 3 nitrogen and oxygen atoms in total. The van der Waals surface area contributed by atoms with Gasteiger partial charge < -0.3 is 13.9 Å². The summed E-state index contributed by atoms with van der Waals surface area (Å²) in [4.78, 5) is 2.34. The number of benzene rings is 7. The third-order valence-corrected chi connectivity index (χ3v) is 10.3. The fraction of sp³-hybridized carbons (Fsp3) is 0. The van der Waals surface area contributed by atoms with Crippen LogP contribution in [0.5, 0.6) is 0 Å². The number of rotatable bonds is 4. The van der Waals surface area contributed by atoms with Crippen LogP contribution in [0.3, 0.4) is 0 Å². The fourth-order valence-corrected chi connectivity index (χ4v) is 8.19. The standard InChI is InChI=1S/C42H26N2OS/c1-5-13-37-31(9-1)32-10-2-6-14-38(32)44(37)28-19-17-27(18-20-28)43(29-22-24-42-36(25-29)35-12-4-8-16-41(35)46-42)30-21-23-34-33-11-3-7-15-39(33)45-40(34)26-30/h1-26H. The van der Waals surface area contributed by atoms with E-state index in [1.807, 2.05) is 23.5 Å². The topological polar surface area (TPSA) is 21.3 Å². The van der Waals surface area contributed by atoms with Crippen LogP contribution in [0, 0.1) is 0 Å². The second kappa shape index (κ2) is 9.83. The van der Waals surface area contributed by atoms with Crippen molar-refractivity contribution in [2.45, 2.75) is 0 Å². The van der Waals surface area contributed by atoms with Crippen molar-refractivity contribution in [2.75, 3.05) is 4.90 Å². The Hall–Kier alpha value is -5.84. The highest BCUT2D eigenvalue weighted by Gasteiger charge is 2.18. The van der Waals surface area contributed by atoms with Crippen LogP contribution in [-0.2, 0) is 0 Å². The lowest BCUT2D eigenvalue weighted by molar-refractivity contribution is 0.669. The lowest BCUT2D eigenvalue weighted by Crippen LogP contribution is -2.10. The minimum atomic E-state index is 0.882. The molecular weight excluding hydrogens is 581 g/mol. The highest BCUT2D eigenvalue weighted by molar-refractivity contribution is 7.25. The molecule has 0 fully saturated rings. The second-order valence-corrected chi connectivity index (χ2v) is 12.9. The molecule has 3 heterocycles. The molecule has 7 aromatic carbocycles. The molecule has 0 saturated heterocycles. The summed E-state index contributed by atoms with van der Waals surface area (Å²) >= 11 is 1.84. The number of para-hydroxylation sites is 3. The van der Waals surface area contributed by atoms with Gasteiger partial charge in [0.25, 0.3) is 0 Å². The van der Waals surface area contributed by atoms with Gasteiger partial charge in [0, 0.05) is 70.5 Å². The maximum atomic E-state index is 6.35. The van der Waals surface area contributed by atoms with E-state index in [4.69, 9.17) is 4.42 Å². The van der Waals surface area contributed by atoms with Crippen LogP contribution in [0.15, 0.2) is 162 Å². The summed E-state index contributed by atoms with van der Waals surface area (Å²) in [5.74, 6) is 0. The average Bonchev–Trinajstić information content (AvgIpc) is 3.78. The molecule has 216 valence electrons. The molecule has 0 atom stereocenters. The molecule has 0 aliphatic rings. The van der Waals surface area contributed by atoms with Crippen molar-refractivity contribution in [1.82, 2.24) is 4.57 Å². The zero-order chi connectivity index (χ0) is 30.2. The Balaban J connectivity index is 1.17. The van der Waals surface area contributed by atoms with Crippen molar-refractivity contribution >= 4 is 92.3 Å². The molecule has 4 heteroatoms. The molecule has 10 aromatic rings. The first kappa shape index (κ1) is 25.5. The van der Waals surface area contributed by atoms with E-state index < -0.39 is 0 Å². The smallest absolute Gasteiger partial charge is 0.137 e. The lowest BCUT2D eigenvalue weighted by Gasteiger charge is -2.26. The van der Waals surface area contributed by atoms with E-state index in [0.717, 1.165) is 44.7 Å². The molecule has 0 aliphatic carbocycles. The van der Waals surface area contributed by atoms with Crippen LogP contribution in [0.2, 0.25) is 0 Å². The van der Waals surface area contributed by atoms with E-state index in [-0.39, 0.29) is 0 Å². The number of fused-ring (bicyclic) bond motifs is 9. The highest BCUT2D eigenvalue weighted by atomic mass is 32.1. The monoisotopic (exact) mass is 606 g/mol. The van der Waals surface area contributed by atoms with Gasteiger partial charge in [0.05, 0.1) is 11.0 Å². The van der Waals surface area contributed by atoms with Crippen LogP contribution in [0.25, 0.3) is 69.6 Å². The molecule has 0 amide bonds. The summed E-state index contributed by atoms with van der Waals surface area (Å²) in [5, 5.41) is 7.35. The Morgan fingerprint density at radius 3 is 1.76 bits per heavy atom. The number of thiophene rings is 1. The van der Waals surface area contributed by atoms with Crippen molar-refractivity contribution in [1.29, 1.82) is 0 Å². The number of aromatic nitrogens is 1. The number of furan rings is 1. The van der Waals surface area contributed by atoms with Gasteiger partial charge >= 0.3 is 0 Å². The summed E-state index contributed by atoms with van der Waals surface area (Å²) in [6.45, 7) is 0. The number of anilines is 3. The Morgan fingerprint density at radius 1 is 0.413 bits per heavy atom. The molecule has 0 unspecified atom stereocenters. The normalized spacial score (nSPS) is 11.9. The van der Waals surface area contributed by atoms with Crippen LogP contribution >= 0.6 is 11.3 Å². The van der Waals surface area contributed by atoms with Gasteiger partial charge in [-0.2, -0.15) is 0 Å². The molecule has 0 saturated carbocycles. The summed E-state index contributed by atoms with van der Waals surface area (Å²) in [6, 6.07) is 56.6. The molecular formula is C42H26N2OS. The van der Waals surface area contributed by atoms with E-state index in [1.165, 1.54) is 42.0 Å². The fourth-order valence-electron chi connectivity index (χ4n) is 7.11. The second-order valence-electron chi connectivity index (χ2n) is 11.8. The van der Waals surface area contributed by atoms with Gasteiger partial charge in [-0.05, 0) is 78.9 Å². The number of nitrogens with zero attached hydrogens (tertiary/aromatic N) is 2. The zero-order valence-electron chi connectivity index (χ0n) is 24.7. The Morgan fingerprint density at radius 2 is 0.978 bits per heavy atom. The molecule has 0 N–H and O–H groups in total. The zero-order valence-corrected chi connectivity index (χ0v) is 25.5. The van der Waals surface area contributed by atoms with Gasteiger partial charge in [0.2, 0.25) is 0 Å². The Kier molecular flexibility index (Phi) is 5.45. The Labute approximate surface area is 268 Å². The third-order valence-electron chi connectivity index (χ3n) is 9.19. The highest BCUT2D eigenvalue weighted by Crippen LogP contribution is 2.42. The maximum absolute atomic E-state index is 6.35. The number of hydrogen-bond acceptors (Lipinski definition) is 3. The van der Waals surface area contributed by atoms with E-state index in [9.17, 15) is 0 Å². The summed E-state index contributed by atoms with van der Waals surface area (Å²) in [5.41, 5.74) is 8.57. The summed E-state index contributed by atoms with van der Waals surface area (Å²) in [6.07, 6.45) is 0. The lowest BCUT2D eigenvalue weighted by atomic mass is 10.1. The first-order valence-electron chi connectivity index (χ1n) is 15.5. The third kappa shape index (κ3) is 3.77. The van der Waals surface area contributed by atoms with E-state index in [2.05, 4.69) is 155 Å². The number of hydrogen-bond donors (Lipinski definition) is 0. The van der Waals surface area contributed by atoms with Gasteiger partial charge in [-0.3, -0.25) is 0 Å². The Bertz CT molecular complexity index is 2710. The molecule has 0 radical (unpaired) electrons. The van der Waals surface area contributed by atoms with E-state index >= 15 is 0 Å². The average molecular weight is 607 g/mol. The minimum Gasteiger partial charge on any atom is -0.456 e. The van der Waals surface area contributed by atoms with Crippen LogP contribution in [-0.4, -0.2) is 4.57 Å². The van der Waals surface area contributed by atoms with Crippen molar-refractivity contribution in [3.05, 3.63) is 158 Å². The first-order chi connectivity index (χ1) is 22.8. The molecule has 0 bridgehead atoms. The van der Waals surface area contributed by atoms with Crippen molar-refractivity contribution < 1.29 is 4.42 Å². The van der Waals surface area contributed by atoms with E-state index in [0.29, 0.717) is 0 Å². The van der Waals surface area contributed by atoms with Crippen molar-refractivity contribution in [2.24, 2.45) is 0 Å². The maximum Gasteiger partial charge on any atom is 0.137 e. The molecule has 3 aromatic heterocycles. The van der Waals surface area contributed by atoms with Crippen molar-refractivity contribution in [3.63, 3.8) is 0 Å². The predicted octanol–water partition coefficient (Wildman–Crippen LogP) is 12.5. The molecule has 46 heavy (non-hydrogen) atoms. The van der Waals surface area contributed by atoms with E-state index in [1.54, 1.807) is 0 Å². The quantitative estimate of drug-likeness (QED) is 0.199.